The van der Waals surface area contributed by atoms with Crippen LogP contribution in [0.15, 0.2) is 30.3 Å². The van der Waals surface area contributed by atoms with Crippen LogP contribution in [0.3, 0.4) is 0 Å². The van der Waals surface area contributed by atoms with Crippen LogP contribution in [0.25, 0.3) is 0 Å². The molecule has 0 spiro atoms. The van der Waals surface area contributed by atoms with Crippen LogP contribution >= 0.6 is 0 Å². The SMILES string of the molecule is COc1cc(NC(C)C)nc(Nc2ccc(F)cc2)n1. The fourth-order valence-electron chi connectivity index (χ4n) is 1.62. The molecule has 20 heavy (non-hydrogen) atoms. The van der Waals surface area contributed by atoms with Gasteiger partial charge in [-0.2, -0.15) is 9.97 Å². The van der Waals surface area contributed by atoms with Crippen LogP contribution in [0.5, 0.6) is 5.88 Å². The van der Waals surface area contributed by atoms with E-state index in [1.807, 2.05) is 13.8 Å². The van der Waals surface area contributed by atoms with Crippen LogP contribution in [0.4, 0.5) is 21.8 Å². The Morgan fingerprint density at radius 3 is 2.45 bits per heavy atom. The van der Waals surface area contributed by atoms with E-state index < -0.39 is 0 Å². The lowest BCUT2D eigenvalue weighted by Gasteiger charge is -2.12. The molecule has 0 saturated carbocycles. The summed E-state index contributed by atoms with van der Waals surface area (Å²) >= 11 is 0. The minimum absolute atomic E-state index is 0.244. The minimum Gasteiger partial charge on any atom is -0.481 e. The highest BCUT2D eigenvalue weighted by molar-refractivity contribution is 5.55. The van der Waals surface area contributed by atoms with Gasteiger partial charge in [0.05, 0.1) is 7.11 Å². The lowest BCUT2D eigenvalue weighted by molar-refractivity contribution is 0.398. The predicted molar refractivity (Wildman–Crippen MR) is 77.0 cm³/mol. The molecular formula is C14H17FN4O. The number of nitrogens with one attached hydrogen (secondary N) is 2. The van der Waals surface area contributed by atoms with Crippen molar-refractivity contribution in [1.29, 1.82) is 0 Å². The Morgan fingerprint density at radius 2 is 1.85 bits per heavy atom. The number of hydrogen-bond acceptors (Lipinski definition) is 5. The van der Waals surface area contributed by atoms with Gasteiger partial charge in [-0.1, -0.05) is 0 Å². The van der Waals surface area contributed by atoms with Gasteiger partial charge < -0.3 is 15.4 Å². The molecule has 0 saturated heterocycles. The van der Waals surface area contributed by atoms with Gasteiger partial charge in [-0.05, 0) is 38.1 Å². The third-order valence-electron chi connectivity index (χ3n) is 2.45. The Labute approximate surface area is 117 Å². The molecule has 0 aliphatic rings. The Kier molecular flexibility index (Phi) is 4.34. The predicted octanol–water partition coefficient (Wildman–Crippen LogP) is 3.19. The number of benzene rings is 1. The van der Waals surface area contributed by atoms with E-state index in [4.69, 9.17) is 4.74 Å². The van der Waals surface area contributed by atoms with Gasteiger partial charge in [0.1, 0.15) is 11.6 Å². The highest BCUT2D eigenvalue weighted by atomic mass is 19.1. The van der Waals surface area contributed by atoms with Crippen molar-refractivity contribution in [2.45, 2.75) is 19.9 Å². The van der Waals surface area contributed by atoms with Gasteiger partial charge in [-0.15, -0.1) is 0 Å². The molecule has 2 aromatic rings. The van der Waals surface area contributed by atoms with Gasteiger partial charge in [-0.25, -0.2) is 4.39 Å². The topological polar surface area (TPSA) is 59.1 Å². The summed E-state index contributed by atoms with van der Waals surface area (Å²) in [5, 5.41) is 6.19. The lowest BCUT2D eigenvalue weighted by Crippen LogP contribution is -2.12. The zero-order chi connectivity index (χ0) is 14.5. The third-order valence-corrected chi connectivity index (χ3v) is 2.45. The molecule has 0 unspecified atom stereocenters. The summed E-state index contributed by atoms with van der Waals surface area (Å²) in [6.07, 6.45) is 0. The summed E-state index contributed by atoms with van der Waals surface area (Å²) in [4.78, 5) is 8.53. The molecule has 0 radical (unpaired) electrons. The van der Waals surface area contributed by atoms with E-state index in [1.54, 1.807) is 25.3 Å². The van der Waals surface area contributed by atoms with Crippen LogP contribution in [0, 0.1) is 5.82 Å². The molecule has 2 rings (SSSR count). The van der Waals surface area contributed by atoms with Crippen LogP contribution in [0.1, 0.15) is 13.8 Å². The number of aromatic nitrogens is 2. The smallest absolute Gasteiger partial charge is 0.232 e. The Hall–Kier alpha value is -2.37. The average Bonchev–Trinajstić information content (AvgIpc) is 2.40. The maximum Gasteiger partial charge on any atom is 0.232 e. The molecule has 0 fully saturated rings. The normalized spacial score (nSPS) is 10.4. The van der Waals surface area contributed by atoms with E-state index in [1.165, 1.54) is 12.1 Å². The largest absolute Gasteiger partial charge is 0.481 e. The fraction of sp³-hybridized carbons (Fsp3) is 0.286. The first kappa shape index (κ1) is 14.0. The average molecular weight is 276 g/mol. The maximum absolute atomic E-state index is 12.9. The van der Waals surface area contributed by atoms with Crippen LogP contribution in [-0.2, 0) is 0 Å². The van der Waals surface area contributed by atoms with E-state index >= 15 is 0 Å². The summed E-state index contributed by atoms with van der Waals surface area (Å²) in [7, 11) is 1.54. The van der Waals surface area contributed by atoms with Gasteiger partial charge >= 0.3 is 0 Å². The zero-order valence-electron chi connectivity index (χ0n) is 11.6. The van der Waals surface area contributed by atoms with Gasteiger partial charge in [-0.3, -0.25) is 0 Å². The zero-order valence-corrected chi connectivity index (χ0v) is 11.6. The number of nitrogens with zero attached hydrogens (tertiary/aromatic N) is 2. The Balaban J connectivity index is 2.23. The number of hydrogen-bond donors (Lipinski definition) is 2. The van der Waals surface area contributed by atoms with E-state index in [-0.39, 0.29) is 11.9 Å². The first-order chi connectivity index (χ1) is 9.56. The maximum atomic E-state index is 12.9. The summed E-state index contributed by atoms with van der Waals surface area (Å²) in [6.45, 7) is 4.03. The van der Waals surface area contributed by atoms with Crippen molar-refractivity contribution in [1.82, 2.24) is 9.97 Å². The standard InChI is InChI=1S/C14H17FN4O/c1-9(2)16-12-8-13(20-3)19-14(18-12)17-11-6-4-10(15)5-7-11/h4-9H,1-3H3,(H2,16,17,18,19). The molecule has 0 amide bonds. The second-order valence-electron chi connectivity index (χ2n) is 4.55. The highest BCUT2D eigenvalue weighted by Gasteiger charge is 2.06. The molecule has 5 nitrogen and oxygen atoms in total. The second kappa shape index (κ2) is 6.18. The molecule has 0 aliphatic heterocycles. The molecule has 1 heterocycles. The van der Waals surface area contributed by atoms with E-state index in [2.05, 4.69) is 20.6 Å². The number of halogens is 1. The minimum atomic E-state index is -0.288. The molecule has 0 aliphatic carbocycles. The van der Waals surface area contributed by atoms with E-state index in [0.29, 0.717) is 23.3 Å². The van der Waals surface area contributed by atoms with E-state index in [0.717, 1.165) is 0 Å². The van der Waals surface area contributed by atoms with E-state index in [9.17, 15) is 4.39 Å². The lowest BCUT2D eigenvalue weighted by atomic mass is 10.3. The number of anilines is 3. The Bertz CT molecular complexity index is 572. The molecule has 1 aromatic carbocycles. The summed E-state index contributed by atoms with van der Waals surface area (Å²) in [5.41, 5.74) is 0.704. The van der Waals surface area contributed by atoms with Gasteiger partial charge in [0.15, 0.2) is 0 Å². The first-order valence-electron chi connectivity index (χ1n) is 6.29. The van der Waals surface area contributed by atoms with Gasteiger partial charge in [0, 0.05) is 17.8 Å². The van der Waals surface area contributed by atoms with Crippen LogP contribution < -0.4 is 15.4 Å². The van der Waals surface area contributed by atoms with Crippen molar-refractivity contribution in [2.24, 2.45) is 0 Å². The highest BCUT2D eigenvalue weighted by Crippen LogP contribution is 2.20. The van der Waals surface area contributed by atoms with Crippen molar-refractivity contribution in [3.8, 4) is 5.88 Å². The summed E-state index contributed by atoms with van der Waals surface area (Å²) < 4.78 is 18.0. The Morgan fingerprint density at radius 1 is 1.15 bits per heavy atom. The second-order valence-corrected chi connectivity index (χ2v) is 4.55. The molecule has 0 bridgehead atoms. The monoisotopic (exact) mass is 276 g/mol. The van der Waals surface area contributed by atoms with Crippen molar-refractivity contribution in [3.05, 3.63) is 36.1 Å². The molecule has 1 aromatic heterocycles. The molecule has 106 valence electrons. The first-order valence-corrected chi connectivity index (χ1v) is 6.29. The number of methoxy groups -OCH3 is 1. The number of ether oxygens (including phenoxy) is 1. The summed E-state index contributed by atoms with van der Waals surface area (Å²) in [5.74, 6) is 1.22. The van der Waals surface area contributed by atoms with Crippen molar-refractivity contribution in [2.75, 3.05) is 17.7 Å². The summed E-state index contributed by atoms with van der Waals surface area (Å²) in [6, 6.07) is 7.94. The molecular weight excluding hydrogens is 259 g/mol. The third kappa shape index (κ3) is 3.81. The molecule has 2 N–H and O–H groups in total. The molecule has 0 atom stereocenters. The quantitative estimate of drug-likeness (QED) is 0.878. The van der Waals surface area contributed by atoms with Crippen molar-refractivity contribution >= 4 is 17.5 Å². The van der Waals surface area contributed by atoms with Crippen molar-refractivity contribution < 1.29 is 9.13 Å². The molecule has 6 heteroatoms. The van der Waals surface area contributed by atoms with Crippen LogP contribution in [0.2, 0.25) is 0 Å². The van der Waals surface area contributed by atoms with Crippen molar-refractivity contribution in [3.63, 3.8) is 0 Å². The van der Waals surface area contributed by atoms with Gasteiger partial charge in [0.2, 0.25) is 11.8 Å². The van der Waals surface area contributed by atoms with Crippen LogP contribution in [-0.4, -0.2) is 23.1 Å². The number of rotatable bonds is 5. The fourth-order valence-corrected chi connectivity index (χ4v) is 1.62. The van der Waals surface area contributed by atoms with Gasteiger partial charge in [0.25, 0.3) is 0 Å².